The lowest BCUT2D eigenvalue weighted by Crippen LogP contribution is -2.09. The Morgan fingerprint density at radius 3 is 2.45 bits per heavy atom. The van der Waals surface area contributed by atoms with Crippen LogP contribution in [0.3, 0.4) is 0 Å². The monoisotopic (exact) mass is 458 g/mol. The molecule has 33 heavy (non-hydrogen) atoms. The van der Waals surface area contributed by atoms with Crippen LogP contribution in [0.1, 0.15) is 21.5 Å². The standard InChI is InChI=1S/C25H22N4O3S/c1-33(31,32)28-23-12-9-20(10-13-23)24(30)14-11-22-18-29(17-19-6-3-2-4-7-19)27-25(22)21-8-5-15-26-16-21/h2-16,18,28H,17H2,1H3. The molecule has 0 radical (unpaired) electrons. The molecule has 0 bridgehead atoms. The number of carbonyl (C=O) groups excluding carboxylic acids is 1. The summed E-state index contributed by atoms with van der Waals surface area (Å²) in [5.74, 6) is -0.200. The Hall–Kier alpha value is -4.04. The van der Waals surface area contributed by atoms with E-state index in [1.807, 2.05) is 53.3 Å². The van der Waals surface area contributed by atoms with E-state index < -0.39 is 10.0 Å². The number of aromatic nitrogens is 3. The lowest BCUT2D eigenvalue weighted by Gasteiger charge is -2.04. The van der Waals surface area contributed by atoms with Crippen LogP contribution in [0.4, 0.5) is 5.69 Å². The summed E-state index contributed by atoms with van der Waals surface area (Å²) in [6.45, 7) is 0.602. The van der Waals surface area contributed by atoms with Gasteiger partial charge in [-0.1, -0.05) is 30.3 Å². The van der Waals surface area contributed by atoms with Crippen LogP contribution in [0, 0.1) is 0 Å². The summed E-state index contributed by atoms with van der Waals surface area (Å²) in [7, 11) is -3.37. The topological polar surface area (TPSA) is 94.0 Å². The third-order valence-electron chi connectivity index (χ3n) is 4.80. The summed E-state index contributed by atoms with van der Waals surface area (Å²) < 4.78 is 26.9. The molecule has 0 saturated heterocycles. The first-order chi connectivity index (χ1) is 15.9. The first-order valence-corrected chi connectivity index (χ1v) is 12.1. The van der Waals surface area contributed by atoms with Crippen molar-refractivity contribution in [2.24, 2.45) is 0 Å². The van der Waals surface area contributed by atoms with Crippen LogP contribution in [-0.2, 0) is 16.6 Å². The van der Waals surface area contributed by atoms with Crippen LogP contribution in [-0.4, -0.2) is 35.2 Å². The fourth-order valence-electron chi connectivity index (χ4n) is 3.32. The number of pyridine rings is 1. The second-order valence-electron chi connectivity index (χ2n) is 7.51. The number of carbonyl (C=O) groups is 1. The van der Waals surface area contributed by atoms with Gasteiger partial charge < -0.3 is 0 Å². The molecule has 0 saturated carbocycles. The largest absolute Gasteiger partial charge is 0.289 e. The van der Waals surface area contributed by atoms with Crippen LogP contribution < -0.4 is 4.72 Å². The smallest absolute Gasteiger partial charge is 0.229 e. The van der Waals surface area contributed by atoms with Crippen molar-refractivity contribution >= 4 is 27.6 Å². The van der Waals surface area contributed by atoms with E-state index in [0.29, 0.717) is 17.8 Å². The van der Waals surface area contributed by atoms with E-state index in [1.165, 1.54) is 6.08 Å². The average molecular weight is 459 g/mol. The summed E-state index contributed by atoms with van der Waals surface area (Å²) in [5, 5.41) is 4.72. The van der Waals surface area contributed by atoms with Gasteiger partial charge in [0.1, 0.15) is 5.69 Å². The Balaban J connectivity index is 1.58. The molecule has 2 aromatic heterocycles. The Morgan fingerprint density at radius 1 is 1.03 bits per heavy atom. The summed E-state index contributed by atoms with van der Waals surface area (Å²) >= 11 is 0. The highest BCUT2D eigenvalue weighted by atomic mass is 32.2. The van der Waals surface area contributed by atoms with Gasteiger partial charge in [-0.25, -0.2) is 8.42 Å². The zero-order chi connectivity index (χ0) is 23.3. The summed E-state index contributed by atoms with van der Waals surface area (Å²) in [6, 6.07) is 20.1. The van der Waals surface area contributed by atoms with Crippen molar-refractivity contribution in [2.75, 3.05) is 11.0 Å². The summed E-state index contributed by atoms with van der Waals surface area (Å²) in [5.41, 5.74) is 4.35. The molecule has 0 atom stereocenters. The highest BCUT2D eigenvalue weighted by Crippen LogP contribution is 2.23. The minimum atomic E-state index is -3.37. The van der Waals surface area contributed by atoms with Gasteiger partial charge in [-0.05, 0) is 54.1 Å². The van der Waals surface area contributed by atoms with Crippen LogP contribution in [0.5, 0.6) is 0 Å². The van der Waals surface area contributed by atoms with E-state index >= 15 is 0 Å². The van der Waals surface area contributed by atoms with E-state index in [2.05, 4.69) is 9.71 Å². The Kier molecular flexibility index (Phi) is 6.46. The van der Waals surface area contributed by atoms with Crippen molar-refractivity contribution in [3.63, 3.8) is 0 Å². The van der Waals surface area contributed by atoms with Crippen LogP contribution in [0.15, 0.2) is 91.4 Å². The molecule has 0 fully saturated rings. The fraction of sp³-hybridized carbons (Fsp3) is 0.0800. The van der Waals surface area contributed by atoms with Gasteiger partial charge in [-0.15, -0.1) is 0 Å². The maximum Gasteiger partial charge on any atom is 0.229 e. The molecule has 0 aliphatic rings. The molecule has 8 heteroatoms. The quantitative estimate of drug-likeness (QED) is 0.314. The Bertz CT molecular complexity index is 1380. The second-order valence-corrected chi connectivity index (χ2v) is 9.26. The van der Waals surface area contributed by atoms with Crippen molar-refractivity contribution in [1.29, 1.82) is 0 Å². The molecule has 0 unspecified atom stereocenters. The van der Waals surface area contributed by atoms with Crippen LogP contribution >= 0.6 is 0 Å². The first kappa shape index (κ1) is 22.2. The van der Waals surface area contributed by atoms with Gasteiger partial charge >= 0.3 is 0 Å². The van der Waals surface area contributed by atoms with Crippen molar-refractivity contribution in [1.82, 2.24) is 14.8 Å². The molecule has 0 aliphatic heterocycles. The number of hydrogen-bond acceptors (Lipinski definition) is 5. The number of nitrogens with zero attached hydrogens (tertiary/aromatic N) is 3. The fourth-order valence-corrected chi connectivity index (χ4v) is 3.88. The molecule has 7 nitrogen and oxygen atoms in total. The number of nitrogens with one attached hydrogen (secondary N) is 1. The van der Waals surface area contributed by atoms with Gasteiger partial charge in [0.25, 0.3) is 0 Å². The Labute approximate surface area is 192 Å². The third kappa shape index (κ3) is 6.02. The molecule has 1 N–H and O–H groups in total. The highest BCUT2D eigenvalue weighted by molar-refractivity contribution is 7.92. The minimum Gasteiger partial charge on any atom is -0.289 e. The Morgan fingerprint density at radius 2 is 1.79 bits per heavy atom. The average Bonchev–Trinajstić information content (AvgIpc) is 3.20. The van der Waals surface area contributed by atoms with E-state index in [-0.39, 0.29) is 5.78 Å². The van der Waals surface area contributed by atoms with E-state index in [0.717, 1.165) is 28.6 Å². The molecule has 2 aromatic carbocycles. The van der Waals surface area contributed by atoms with Crippen LogP contribution in [0.2, 0.25) is 0 Å². The predicted octanol–water partition coefficient (Wildman–Crippen LogP) is 4.26. The molecule has 166 valence electrons. The number of sulfonamides is 1. The van der Waals surface area contributed by atoms with E-state index in [1.54, 1.807) is 42.7 Å². The lowest BCUT2D eigenvalue weighted by atomic mass is 10.1. The lowest BCUT2D eigenvalue weighted by molar-refractivity contribution is 0.104. The summed E-state index contributed by atoms with van der Waals surface area (Å²) in [6.07, 6.45) is 9.64. The zero-order valence-corrected chi connectivity index (χ0v) is 18.7. The predicted molar refractivity (Wildman–Crippen MR) is 129 cm³/mol. The first-order valence-electron chi connectivity index (χ1n) is 10.2. The zero-order valence-electron chi connectivity index (χ0n) is 17.9. The van der Waals surface area contributed by atoms with E-state index in [4.69, 9.17) is 5.10 Å². The summed E-state index contributed by atoms with van der Waals surface area (Å²) in [4.78, 5) is 16.9. The molecular formula is C25H22N4O3S. The van der Waals surface area contributed by atoms with Crippen molar-refractivity contribution in [2.45, 2.75) is 6.54 Å². The number of benzene rings is 2. The molecule has 4 rings (SSSR count). The van der Waals surface area contributed by atoms with Crippen molar-refractivity contribution in [3.8, 4) is 11.3 Å². The van der Waals surface area contributed by atoms with Gasteiger partial charge in [0.05, 0.1) is 12.8 Å². The molecule has 2 heterocycles. The SMILES string of the molecule is CS(=O)(=O)Nc1ccc(C(=O)C=Cc2cn(Cc3ccccc3)nc2-c2cccnc2)cc1. The van der Waals surface area contributed by atoms with Crippen molar-refractivity contribution < 1.29 is 13.2 Å². The van der Waals surface area contributed by atoms with E-state index in [9.17, 15) is 13.2 Å². The molecule has 0 amide bonds. The van der Waals surface area contributed by atoms with Gasteiger partial charge in [0.2, 0.25) is 10.0 Å². The molecule has 0 aliphatic carbocycles. The van der Waals surface area contributed by atoms with Crippen LogP contribution in [0.25, 0.3) is 17.3 Å². The third-order valence-corrected chi connectivity index (χ3v) is 5.41. The molecule has 4 aromatic rings. The van der Waals surface area contributed by atoms with Gasteiger partial charge in [-0.2, -0.15) is 5.10 Å². The van der Waals surface area contributed by atoms with Gasteiger partial charge in [0.15, 0.2) is 5.78 Å². The molecular weight excluding hydrogens is 436 g/mol. The second kappa shape index (κ2) is 9.62. The van der Waals surface area contributed by atoms with Crippen molar-refractivity contribution in [3.05, 3.63) is 108 Å². The number of rotatable bonds is 8. The maximum absolute atomic E-state index is 12.7. The number of ketones is 1. The van der Waals surface area contributed by atoms with Gasteiger partial charge in [0, 0.05) is 41.0 Å². The normalized spacial score (nSPS) is 11.5. The molecule has 0 spiro atoms. The number of hydrogen-bond donors (Lipinski definition) is 1. The maximum atomic E-state index is 12.7. The highest BCUT2D eigenvalue weighted by Gasteiger charge is 2.11. The number of allylic oxidation sites excluding steroid dienone is 1. The minimum absolute atomic E-state index is 0.200. The number of anilines is 1. The van der Waals surface area contributed by atoms with Gasteiger partial charge in [-0.3, -0.25) is 19.2 Å².